The zero-order valence-electron chi connectivity index (χ0n) is 10.2. The summed E-state index contributed by atoms with van der Waals surface area (Å²) in [6.07, 6.45) is 1.08. The minimum Gasteiger partial charge on any atom is -0.326 e. The summed E-state index contributed by atoms with van der Waals surface area (Å²) in [7, 11) is -3.13. The van der Waals surface area contributed by atoms with Crippen molar-refractivity contribution >= 4 is 27.3 Å². The van der Waals surface area contributed by atoms with Gasteiger partial charge < -0.3 is 5.32 Å². The molecule has 1 aromatic rings. The van der Waals surface area contributed by atoms with Crippen LogP contribution in [0.3, 0.4) is 0 Å². The van der Waals surface area contributed by atoms with Gasteiger partial charge in [0.2, 0.25) is 15.9 Å². The summed E-state index contributed by atoms with van der Waals surface area (Å²) in [5.74, 6) is 0.151. The first kappa shape index (κ1) is 12.9. The van der Waals surface area contributed by atoms with E-state index in [2.05, 4.69) is 5.32 Å². The first-order valence-corrected chi connectivity index (χ1v) is 7.54. The fourth-order valence-corrected chi connectivity index (χ4v) is 3.45. The van der Waals surface area contributed by atoms with Crippen molar-refractivity contribution in [3.05, 3.63) is 24.3 Å². The Morgan fingerprint density at radius 3 is 2.50 bits per heavy atom. The predicted octanol–water partition coefficient (Wildman–Crippen LogP) is 1.58. The van der Waals surface area contributed by atoms with Gasteiger partial charge >= 0.3 is 0 Å². The third-order valence-electron chi connectivity index (χ3n) is 2.86. The quantitative estimate of drug-likeness (QED) is 0.905. The van der Waals surface area contributed by atoms with Gasteiger partial charge in [-0.1, -0.05) is 6.92 Å². The number of hydrogen-bond acceptors (Lipinski definition) is 3. The third-order valence-corrected chi connectivity index (χ3v) is 4.73. The van der Waals surface area contributed by atoms with E-state index in [-0.39, 0.29) is 11.7 Å². The Balaban J connectivity index is 2.15. The number of sulfonamides is 1. The van der Waals surface area contributed by atoms with Crippen molar-refractivity contribution in [1.29, 1.82) is 0 Å². The monoisotopic (exact) mass is 268 g/mol. The summed E-state index contributed by atoms with van der Waals surface area (Å²) in [4.78, 5) is 11.2. The van der Waals surface area contributed by atoms with Gasteiger partial charge in [-0.05, 0) is 30.7 Å². The molecule has 0 aromatic heterocycles. The number of hydrogen-bond donors (Lipinski definition) is 1. The van der Waals surface area contributed by atoms with E-state index in [4.69, 9.17) is 0 Å². The van der Waals surface area contributed by atoms with Gasteiger partial charge in [0.25, 0.3) is 0 Å². The lowest BCUT2D eigenvalue weighted by Crippen LogP contribution is -2.24. The van der Waals surface area contributed by atoms with Crippen LogP contribution >= 0.6 is 0 Å². The molecular weight excluding hydrogens is 252 g/mol. The zero-order valence-corrected chi connectivity index (χ0v) is 11.0. The van der Waals surface area contributed by atoms with Crippen LogP contribution in [-0.4, -0.2) is 26.6 Å². The van der Waals surface area contributed by atoms with E-state index in [1.54, 1.807) is 31.2 Å². The molecule has 1 aliphatic heterocycles. The average molecular weight is 268 g/mol. The minimum atomic E-state index is -3.13. The molecule has 0 atom stereocenters. The fourth-order valence-electron chi connectivity index (χ4n) is 1.89. The van der Waals surface area contributed by atoms with Crippen LogP contribution in [0.25, 0.3) is 0 Å². The molecule has 6 heteroatoms. The van der Waals surface area contributed by atoms with Crippen LogP contribution in [-0.2, 0) is 14.8 Å². The number of benzene rings is 1. The van der Waals surface area contributed by atoms with E-state index in [0.29, 0.717) is 30.8 Å². The van der Waals surface area contributed by atoms with Gasteiger partial charge in [-0.15, -0.1) is 0 Å². The summed E-state index contributed by atoms with van der Waals surface area (Å²) in [5, 5.41) is 2.72. The van der Waals surface area contributed by atoms with E-state index >= 15 is 0 Å². The van der Waals surface area contributed by atoms with Crippen molar-refractivity contribution in [2.24, 2.45) is 0 Å². The second kappa shape index (κ2) is 4.97. The molecule has 18 heavy (non-hydrogen) atoms. The molecule has 0 unspecified atom stereocenters. The predicted molar refractivity (Wildman–Crippen MR) is 71.1 cm³/mol. The van der Waals surface area contributed by atoms with Crippen molar-refractivity contribution in [2.75, 3.05) is 21.9 Å². The maximum atomic E-state index is 11.7. The number of carbonyl (C=O) groups is 1. The number of carbonyl (C=O) groups excluding carboxylic acids is 1. The Morgan fingerprint density at radius 2 is 2.00 bits per heavy atom. The lowest BCUT2D eigenvalue weighted by molar-refractivity contribution is -0.115. The molecule has 0 saturated carbocycles. The molecule has 1 amide bonds. The average Bonchev–Trinajstić information content (AvgIpc) is 2.70. The maximum absolute atomic E-state index is 11.7. The number of amides is 1. The van der Waals surface area contributed by atoms with E-state index in [1.807, 2.05) is 0 Å². The SMILES string of the molecule is CCC(=O)Nc1ccc(N2CCCS2(=O)=O)cc1. The van der Waals surface area contributed by atoms with Gasteiger partial charge in [0, 0.05) is 18.7 Å². The Morgan fingerprint density at radius 1 is 1.33 bits per heavy atom. The van der Waals surface area contributed by atoms with Crippen molar-refractivity contribution in [3.8, 4) is 0 Å². The lowest BCUT2D eigenvalue weighted by Gasteiger charge is -2.17. The highest BCUT2D eigenvalue weighted by Gasteiger charge is 2.28. The van der Waals surface area contributed by atoms with Gasteiger partial charge in [0.1, 0.15) is 0 Å². The molecule has 0 spiro atoms. The molecule has 1 saturated heterocycles. The largest absolute Gasteiger partial charge is 0.326 e. The third kappa shape index (κ3) is 2.64. The molecule has 0 radical (unpaired) electrons. The van der Waals surface area contributed by atoms with E-state index in [1.165, 1.54) is 4.31 Å². The first-order valence-electron chi connectivity index (χ1n) is 5.93. The van der Waals surface area contributed by atoms with Crippen molar-refractivity contribution in [2.45, 2.75) is 19.8 Å². The molecule has 0 aliphatic carbocycles. The molecule has 1 fully saturated rings. The summed E-state index contributed by atoms with van der Waals surface area (Å²) in [6.45, 7) is 2.31. The summed E-state index contributed by atoms with van der Waals surface area (Å²) in [6, 6.07) is 6.87. The van der Waals surface area contributed by atoms with Crippen LogP contribution in [0.5, 0.6) is 0 Å². The smallest absolute Gasteiger partial charge is 0.235 e. The van der Waals surface area contributed by atoms with Crippen LogP contribution in [0.15, 0.2) is 24.3 Å². The standard InChI is InChI=1S/C12H16N2O3S/c1-2-12(15)13-10-4-6-11(7-5-10)14-8-3-9-18(14,16)17/h4-7H,2-3,8-9H2,1H3,(H,13,15). The van der Waals surface area contributed by atoms with Crippen molar-refractivity contribution in [1.82, 2.24) is 0 Å². The highest BCUT2D eigenvalue weighted by molar-refractivity contribution is 7.93. The van der Waals surface area contributed by atoms with Crippen LogP contribution in [0, 0.1) is 0 Å². The minimum absolute atomic E-state index is 0.0588. The van der Waals surface area contributed by atoms with E-state index < -0.39 is 10.0 Å². The van der Waals surface area contributed by atoms with E-state index in [9.17, 15) is 13.2 Å². The van der Waals surface area contributed by atoms with Gasteiger partial charge in [-0.2, -0.15) is 0 Å². The van der Waals surface area contributed by atoms with Gasteiger partial charge in [-0.25, -0.2) is 8.42 Å². The fraction of sp³-hybridized carbons (Fsp3) is 0.417. The highest BCUT2D eigenvalue weighted by Crippen LogP contribution is 2.25. The summed E-state index contributed by atoms with van der Waals surface area (Å²) >= 11 is 0. The molecule has 1 heterocycles. The van der Waals surface area contributed by atoms with Gasteiger partial charge in [0.15, 0.2) is 0 Å². The topological polar surface area (TPSA) is 66.5 Å². The summed E-state index contributed by atoms with van der Waals surface area (Å²) in [5.41, 5.74) is 1.34. The normalized spacial score (nSPS) is 17.7. The first-order chi connectivity index (χ1) is 8.53. The lowest BCUT2D eigenvalue weighted by atomic mass is 10.2. The molecule has 2 rings (SSSR count). The Bertz CT molecular complexity index is 537. The zero-order chi connectivity index (χ0) is 13.2. The Hall–Kier alpha value is -1.56. The van der Waals surface area contributed by atoms with Crippen LogP contribution in [0.4, 0.5) is 11.4 Å². The molecule has 1 aliphatic rings. The number of anilines is 2. The van der Waals surface area contributed by atoms with Crippen LogP contribution in [0.2, 0.25) is 0 Å². The number of nitrogens with one attached hydrogen (secondary N) is 1. The highest BCUT2D eigenvalue weighted by atomic mass is 32.2. The number of nitrogens with zero attached hydrogens (tertiary/aromatic N) is 1. The number of rotatable bonds is 3. The summed E-state index contributed by atoms with van der Waals surface area (Å²) < 4.78 is 24.9. The molecule has 5 nitrogen and oxygen atoms in total. The Kier molecular flexibility index (Phi) is 3.56. The Labute approximate surface area is 107 Å². The van der Waals surface area contributed by atoms with Gasteiger partial charge in [-0.3, -0.25) is 9.10 Å². The second-order valence-corrected chi connectivity index (χ2v) is 6.20. The molecule has 98 valence electrons. The second-order valence-electron chi connectivity index (χ2n) is 4.19. The molecule has 1 aromatic carbocycles. The molecular formula is C12H16N2O3S. The molecule has 0 bridgehead atoms. The van der Waals surface area contributed by atoms with Crippen LogP contribution < -0.4 is 9.62 Å². The van der Waals surface area contributed by atoms with Crippen molar-refractivity contribution in [3.63, 3.8) is 0 Å². The van der Waals surface area contributed by atoms with E-state index in [0.717, 1.165) is 0 Å². The van der Waals surface area contributed by atoms with Gasteiger partial charge in [0.05, 0.1) is 11.4 Å². The van der Waals surface area contributed by atoms with Crippen LogP contribution in [0.1, 0.15) is 19.8 Å². The van der Waals surface area contributed by atoms with Crippen molar-refractivity contribution < 1.29 is 13.2 Å². The molecule has 1 N–H and O–H groups in total. The maximum Gasteiger partial charge on any atom is 0.235 e.